The fourth-order valence-corrected chi connectivity index (χ4v) is 1.42. The van der Waals surface area contributed by atoms with Crippen molar-refractivity contribution in [2.75, 3.05) is 0 Å². The van der Waals surface area contributed by atoms with Crippen LogP contribution in [0.4, 0.5) is 0 Å². The summed E-state index contributed by atoms with van der Waals surface area (Å²) in [5.41, 5.74) is 0.754. The lowest BCUT2D eigenvalue weighted by atomic mass is 10.0. The van der Waals surface area contributed by atoms with Crippen molar-refractivity contribution in [1.82, 2.24) is 9.78 Å². The van der Waals surface area contributed by atoms with Gasteiger partial charge in [-0.1, -0.05) is 20.8 Å². The lowest BCUT2D eigenvalue weighted by Crippen LogP contribution is -2.00. The summed E-state index contributed by atoms with van der Waals surface area (Å²) < 4.78 is 1.84. The minimum atomic E-state index is 0.214. The molecule has 0 N–H and O–H groups in total. The first-order chi connectivity index (χ1) is 7.13. The van der Waals surface area contributed by atoms with Gasteiger partial charge in [-0.05, 0) is 18.8 Å². The molecule has 0 saturated heterocycles. The van der Waals surface area contributed by atoms with Gasteiger partial charge in [0, 0.05) is 19.2 Å². The molecule has 1 rings (SSSR count). The normalized spacial score (nSPS) is 10.9. The highest BCUT2D eigenvalue weighted by atomic mass is 16.1. The van der Waals surface area contributed by atoms with Crippen LogP contribution in [0.1, 0.15) is 50.4 Å². The van der Waals surface area contributed by atoms with Crippen molar-refractivity contribution in [2.24, 2.45) is 5.92 Å². The number of rotatable bonds is 6. The zero-order valence-electron chi connectivity index (χ0n) is 9.86. The van der Waals surface area contributed by atoms with E-state index in [0.717, 1.165) is 24.9 Å². The smallest absolute Gasteiger partial charge is 0.166 e. The number of hydrogen-bond acceptors (Lipinski definition) is 2. The predicted molar refractivity (Wildman–Crippen MR) is 60.9 cm³/mol. The maximum Gasteiger partial charge on any atom is 0.166 e. The van der Waals surface area contributed by atoms with Gasteiger partial charge in [0.25, 0.3) is 0 Å². The van der Waals surface area contributed by atoms with Gasteiger partial charge in [0.15, 0.2) is 5.78 Å². The van der Waals surface area contributed by atoms with Crippen LogP contribution in [0.25, 0.3) is 0 Å². The fourth-order valence-electron chi connectivity index (χ4n) is 1.42. The molecule has 1 aromatic rings. The van der Waals surface area contributed by atoms with Gasteiger partial charge in [-0.3, -0.25) is 9.48 Å². The minimum Gasteiger partial charge on any atom is -0.294 e. The number of ketones is 1. The van der Waals surface area contributed by atoms with Gasteiger partial charge in [-0.25, -0.2) is 0 Å². The second kappa shape index (κ2) is 5.69. The second-order valence-corrected chi connectivity index (χ2v) is 4.35. The molecule has 15 heavy (non-hydrogen) atoms. The third kappa shape index (κ3) is 3.86. The van der Waals surface area contributed by atoms with Crippen molar-refractivity contribution < 1.29 is 4.79 Å². The molecule has 0 amide bonds. The maximum atomic E-state index is 11.7. The summed E-state index contributed by atoms with van der Waals surface area (Å²) in [5.74, 6) is 0.797. The molecule has 0 unspecified atom stereocenters. The molecule has 3 nitrogen and oxygen atoms in total. The van der Waals surface area contributed by atoms with Crippen LogP contribution < -0.4 is 0 Å². The standard InChI is InChI=1S/C12H20N2O/c1-4-7-14-9-11(8-13-14)12(15)6-5-10(2)3/h8-10H,4-7H2,1-3H3. The van der Waals surface area contributed by atoms with Crippen molar-refractivity contribution >= 4 is 5.78 Å². The Morgan fingerprint density at radius 1 is 1.53 bits per heavy atom. The highest BCUT2D eigenvalue weighted by Crippen LogP contribution is 2.09. The average molecular weight is 208 g/mol. The van der Waals surface area contributed by atoms with Crippen LogP contribution in [0.2, 0.25) is 0 Å². The Hall–Kier alpha value is -1.12. The SMILES string of the molecule is CCCn1cc(C(=O)CCC(C)C)cn1. The maximum absolute atomic E-state index is 11.7. The summed E-state index contributed by atoms with van der Waals surface area (Å²) in [6.45, 7) is 7.25. The number of aromatic nitrogens is 2. The lowest BCUT2D eigenvalue weighted by Gasteiger charge is -2.01. The monoisotopic (exact) mass is 208 g/mol. The molecular weight excluding hydrogens is 188 g/mol. The molecule has 0 bridgehead atoms. The first kappa shape index (κ1) is 12.0. The number of hydrogen-bond donors (Lipinski definition) is 0. The van der Waals surface area contributed by atoms with E-state index in [2.05, 4.69) is 25.9 Å². The molecule has 0 aromatic carbocycles. The Balaban J connectivity index is 2.50. The Kier molecular flexibility index (Phi) is 4.53. The van der Waals surface area contributed by atoms with E-state index < -0.39 is 0 Å². The molecule has 84 valence electrons. The van der Waals surface area contributed by atoms with E-state index in [1.54, 1.807) is 6.20 Å². The Morgan fingerprint density at radius 2 is 2.27 bits per heavy atom. The quantitative estimate of drug-likeness (QED) is 0.674. The summed E-state index contributed by atoms with van der Waals surface area (Å²) >= 11 is 0. The van der Waals surface area contributed by atoms with Crippen molar-refractivity contribution in [2.45, 2.75) is 46.6 Å². The summed E-state index contributed by atoms with van der Waals surface area (Å²) in [5, 5.41) is 4.15. The molecule has 0 radical (unpaired) electrons. The average Bonchev–Trinajstić information content (AvgIpc) is 2.63. The number of carbonyl (C=O) groups is 1. The topological polar surface area (TPSA) is 34.9 Å². The van der Waals surface area contributed by atoms with Gasteiger partial charge in [0.2, 0.25) is 0 Å². The van der Waals surface area contributed by atoms with E-state index in [-0.39, 0.29) is 5.78 Å². The van der Waals surface area contributed by atoms with Crippen LogP contribution in [-0.4, -0.2) is 15.6 Å². The van der Waals surface area contributed by atoms with Crippen LogP contribution in [-0.2, 0) is 6.54 Å². The molecule has 0 spiro atoms. The summed E-state index contributed by atoms with van der Waals surface area (Å²) in [7, 11) is 0. The molecule has 0 aliphatic rings. The van der Waals surface area contributed by atoms with Crippen molar-refractivity contribution in [3.05, 3.63) is 18.0 Å². The van der Waals surface area contributed by atoms with Gasteiger partial charge >= 0.3 is 0 Å². The molecule has 1 heterocycles. The first-order valence-corrected chi connectivity index (χ1v) is 5.69. The van der Waals surface area contributed by atoms with Gasteiger partial charge in [0.1, 0.15) is 0 Å². The predicted octanol–water partition coefficient (Wildman–Crippen LogP) is 2.91. The molecule has 0 saturated carbocycles. The number of nitrogens with zero attached hydrogens (tertiary/aromatic N) is 2. The summed E-state index contributed by atoms with van der Waals surface area (Å²) in [6, 6.07) is 0. The van der Waals surface area contributed by atoms with Crippen molar-refractivity contribution in [1.29, 1.82) is 0 Å². The number of Topliss-reactive ketones (excluding diaryl/α,β-unsaturated/α-hetero) is 1. The van der Waals surface area contributed by atoms with Crippen molar-refractivity contribution in [3.63, 3.8) is 0 Å². The molecule has 0 aliphatic carbocycles. The van der Waals surface area contributed by atoms with E-state index in [0.29, 0.717) is 12.3 Å². The summed E-state index contributed by atoms with van der Waals surface area (Å²) in [4.78, 5) is 11.7. The van der Waals surface area contributed by atoms with E-state index in [1.165, 1.54) is 0 Å². The van der Waals surface area contributed by atoms with E-state index in [1.807, 2.05) is 10.9 Å². The minimum absolute atomic E-state index is 0.214. The highest BCUT2D eigenvalue weighted by molar-refractivity contribution is 5.95. The molecular formula is C12H20N2O. The van der Waals surface area contributed by atoms with Crippen LogP contribution in [0.3, 0.4) is 0 Å². The molecule has 3 heteroatoms. The van der Waals surface area contributed by atoms with Crippen LogP contribution in [0, 0.1) is 5.92 Å². The Bertz CT molecular complexity index is 315. The number of aryl methyl sites for hydroxylation is 1. The first-order valence-electron chi connectivity index (χ1n) is 5.69. The highest BCUT2D eigenvalue weighted by Gasteiger charge is 2.09. The third-order valence-electron chi connectivity index (χ3n) is 2.36. The summed E-state index contributed by atoms with van der Waals surface area (Å²) in [6.07, 6.45) is 6.17. The molecule has 0 fully saturated rings. The molecule has 0 aliphatic heterocycles. The lowest BCUT2D eigenvalue weighted by molar-refractivity contribution is 0.0975. The van der Waals surface area contributed by atoms with Crippen LogP contribution in [0.15, 0.2) is 12.4 Å². The Labute approximate surface area is 91.5 Å². The van der Waals surface area contributed by atoms with E-state index >= 15 is 0 Å². The third-order valence-corrected chi connectivity index (χ3v) is 2.36. The fraction of sp³-hybridized carbons (Fsp3) is 0.667. The van der Waals surface area contributed by atoms with Gasteiger partial charge in [-0.2, -0.15) is 5.10 Å². The molecule has 1 aromatic heterocycles. The van der Waals surface area contributed by atoms with E-state index in [4.69, 9.17) is 0 Å². The molecule has 0 atom stereocenters. The zero-order chi connectivity index (χ0) is 11.3. The van der Waals surface area contributed by atoms with Gasteiger partial charge in [0.05, 0.1) is 11.8 Å². The van der Waals surface area contributed by atoms with Crippen LogP contribution >= 0.6 is 0 Å². The Morgan fingerprint density at radius 3 is 2.87 bits per heavy atom. The van der Waals surface area contributed by atoms with Gasteiger partial charge in [-0.15, -0.1) is 0 Å². The number of carbonyl (C=O) groups excluding carboxylic acids is 1. The largest absolute Gasteiger partial charge is 0.294 e. The van der Waals surface area contributed by atoms with Gasteiger partial charge < -0.3 is 0 Å². The van der Waals surface area contributed by atoms with E-state index in [9.17, 15) is 4.79 Å². The zero-order valence-corrected chi connectivity index (χ0v) is 9.86. The van der Waals surface area contributed by atoms with Crippen LogP contribution in [0.5, 0.6) is 0 Å². The second-order valence-electron chi connectivity index (χ2n) is 4.35. The van der Waals surface area contributed by atoms with Crippen molar-refractivity contribution in [3.8, 4) is 0 Å².